The van der Waals surface area contributed by atoms with Crippen LogP contribution in [0.15, 0.2) is 24.3 Å². The lowest BCUT2D eigenvalue weighted by Crippen LogP contribution is -2.27. The highest BCUT2D eigenvalue weighted by Crippen LogP contribution is 2.24. The maximum Gasteiger partial charge on any atom is 0.412 e. The zero-order valence-corrected chi connectivity index (χ0v) is 10.6. The number of hydrogen-bond acceptors (Lipinski definition) is 3. The van der Waals surface area contributed by atoms with Crippen molar-refractivity contribution in [2.75, 3.05) is 11.9 Å². The largest absolute Gasteiger partial charge is 0.412 e. The van der Waals surface area contributed by atoms with Gasteiger partial charge in [-0.2, -0.15) is 0 Å². The van der Waals surface area contributed by atoms with Gasteiger partial charge in [0, 0.05) is 12.6 Å². The number of anilines is 1. The van der Waals surface area contributed by atoms with Gasteiger partial charge in [0.2, 0.25) is 0 Å². The number of para-hydroxylation sites is 2. The highest BCUT2D eigenvalue weighted by atomic mass is 16.6. The lowest BCUT2D eigenvalue weighted by atomic mass is 10.2. The van der Waals surface area contributed by atoms with Crippen LogP contribution in [0.4, 0.5) is 10.5 Å². The molecule has 0 aliphatic carbocycles. The first-order chi connectivity index (χ1) is 8.13. The van der Waals surface area contributed by atoms with Crippen molar-refractivity contribution in [3.8, 4) is 5.75 Å². The van der Waals surface area contributed by atoms with Crippen LogP contribution in [0.1, 0.15) is 27.2 Å². The van der Waals surface area contributed by atoms with E-state index in [1.54, 1.807) is 6.07 Å². The summed E-state index contributed by atoms with van der Waals surface area (Å²) in [7, 11) is 0. The molecule has 0 fully saturated rings. The van der Waals surface area contributed by atoms with Crippen LogP contribution in [0.3, 0.4) is 0 Å². The van der Waals surface area contributed by atoms with Gasteiger partial charge in [0.05, 0.1) is 5.69 Å². The van der Waals surface area contributed by atoms with Crippen molar-refractivity contribution in [2.45, 2.75) is 33.2 Å². The molecular formula is C13H20N2O2. The van der Waals surface area contributed by atoms with Crippen LogP contribution >= 0.6 is 0 Å². The molecule has 94 valence electrons. The van der Waals surface area contributed by atoms with E-state index in [0.717, 1.165) is 12.1 Å². The van der Waals surface area contributed by atoms with Gasteiger partial charge in [0.15, 0.2) is 5.75 Å². The van der Waals surface area contributed by atoms with Gasteiger partial charge in [-0.05, 0) is 32.4 Å². The van der Waals surface area contributed by atoms with Crippen molar-refractivity contribution >= 4 is 11.8 Å². The molecule has 0 saturated heterocycles. The number of ether oxygens (including phenoxy) is 1. The topological polar surface area (TPSA) is 50.4 Å². The predicted octanol–water partition coefficient (Wildman–Crippen LogP) is 3.01. The van der Waals surface area contributed by atoms with E-state index in [-0.39, 0.29) is 0 Å². The Bertz CT molecular complexity index is 364. The van der Waals surface area contributed by atoms with Crippen LogP contribution in [-0.2, 0) is 0 Å². The molecular weight excluding hydrogens is 216 g/mol. The molecule has 4 heteroatoms. The predicted molar refractivity (Wildman–Crippen MR) is 69.5 cm³/mol. The molecule has 0 aliphatic rings. The van der Waals surface area contributed by atoms with Gasteiger partial charge in [0.25, 0.3) is 0 Å². The maximum atomic E-state index is 11.4. The summed E-state index contributed by atoms with van der Waals surface area (Å²) >= 11 is 0. The van der Waals surface area contributed by atoms with Crippen LogP contribution in [0.5, 0.6) is 5.75 Å². The lowest BCUT2D eigenvalue weighted by Gasteiger charge is -2.14. The van der Waals surface area contributed by atoms with E-state index in [9.17, 15) is 4.79 Å². The summed E-state index contributed by atoms with van der Waals surface area (Å²) in [6, 6.07) is 7.70. The van der Waals surface area contributed by atoms with E-state index in [0.29, 0.717) is 18.3 Å². The number of benzene rings is 1. The fourth-order valence-corrected chi connectivity index (χ4v) is 1.35. The van der Waals surface area contributed by atoms with Crippen molar-refractivity contribution in [2.24, 2.45) is 0 Å². The van der Waals surface area contributed by atoms with Gasteiger partial charge in [-0.1, -0.05) is 19.1 Å². The third-order valence-corrected chi connectivity index (χ3v) is 2.05. The standard InChI is InChI=1S/C13H20N2O2/c1-4-9-14-13(16)17-12-8-6-5-7-11(12)15-10(2)3/h5-8,10,15H,4,9H2,1-3H3,(H,14,16). The molecule has 0 unspecified atom stereocenters. The molecule has 0 atom stereocenters. The van der Waals surface area contributed by atoms with E-state index in [1.165, 1.54) is 0 Å². The summed E-state index contributed by atoms with van der Waals surface area (Å²) in [5, 5.41) is 5.90. The van der Waals surface area contributed by atoms with E-state index in [1.807, 2.05) is 39.0 Å². The van der Waals surface area contributed by atoms with Crippen LogP contribution in [0, 0.1) is 0 Å². The summed E-state index contributed by atoms with van der Waals surface area (Å²) in [5.74, 6) is 0.551. The number of carbonyl (C=O) groups excluding carboxylic acids is 1. The molecule has 0 aliphatic heterocycles. The third-order valence-electron chi connectivity index (χ3n) is 2.05. The second kappa shape index (κ2) is 6.78. The number of rotatable bonds is 5. The van der Waals surface area contributed by atoms with Crippen molar-refractivity contribution in [1.82, 2.24) is 5.32 Å². The summed E-state index contributed by atoms with van der Waals surface area (Å²) < 4.78 is 5.24. The fourth-order valence-electron chi connectivity index (χ4n) is 1.35. The second-order valence-corrected chi connectivity index (χ2v) is 4.11. The molecule has 1 amide bonds. The molecule has 0 heterocycles. The Morgan fingerprint density at radius 3 is 2.71 bits per heavy atom. The first-order valence-corrected chi connectivity index (χ1v) is 5.94. The van der Waals surface area contributed by atoms with Crippen LogP contribution < -0.4 is 15.4 Å². The SMILES string of the molecule is CCCNC(=O)Oc1ccccc1NC(C)C. The fraction of sp³-hybridized carbons (Fsp3) is 0.462. The van der Waals surface area contributed by atoms with Crippen molar-refractivity contribution in [1.29, 1.82) is 0 Å². The zero-order valence-electron chi connectivity index (χ0n) is 10.6. The van der Waals surface area contributed by atoms with E-state index in [4.69, 9.17) is 4.74 Å². The number of carbonyl (C=O) groups is 1. The molecule has 0 saturated carbocycles. The molecule has 0 radical (unpaired) electrons. The zero-order chi connectivity index (χ0) is 12.7. The summed E-state index contributed by atoms with van der Waals surface area (Å²) in [6.07, 6.45) is 0.478. The average Bonchev–Trinajstić information content (AvgIpc) is 2.28. The molecule has 2 N–H and O–H groups in total. The smallest absolute Gasteiger partial charge is 0.408 e. The Morgan fingerprint density at radius 1 is 1.35 bits per heavy atom. The summed E-state index contributed by atoms with van der Waals surface area (Å²) in [6.45, 7) is 6.69. The highest BCUT2D eigenvalue weighted by molar-refractivity contribution is 5.73. The minimum absolute atomic E-state index is 0.290. The summed E-state index contributed by atoms with van der Waals surface area (Å²) in [4.78, 5) is 11.4. The molecule has 1 rings (SSSR count). The normalized spacial score (nSPS) is 10.1. The highest BCUT2D eigenvalue weighted by Gasteiger charge is 2.08. The van der Waals surface area contributed by atoms with Gasteiger partial charge in [-0.3, -0.25) is 0 Å². The lowest BCUT2D eigenvalue weighted by molar-refractivity contribution is 0.200. The first-order valence-electron chi connectivity index (χ1n) is 5.94. The van der Waals surface area contributed by atoms with Gasteiger partial charge in [-0.15, -0.1) is 0 Å². The quantitative estimate of drug-likeness (QED) is 0.826. The molecule has 17 heavy (non-hydrogen) atoms. The average molecular weight is 236 g/mol. The molecule has 0 aromatic heterocycles. The van der Waals surface area contributed by atoms with Gasteiger partial charge in [0.1, 0.15) is 0 Å². The molecule has 4 nitrogen and oxygen atoms in total. The number of nitrogens with one attached hydrogen (secondary N) is 2. The minimum Gasteiger partial charge on any atom is -0.408 e. The molecule has 0 bridgehead atoms. The Kier molecular flexibility index (Phi) is 5.33. The molecule has 0 spiro atoms. The minimum atomic E-state index is -0.412. The Balaban J connectivity index is 2.66. The van der Waals surface area contributed by atoms with Crippen LogP contribution in [-0.4, -0.2) is 18.7 Å². The Morgan fingerprint density at radius 2 is 2.06 bits per heavy atom. The Hall–Kier alpha value is -1.71. The first kappa shape index (κ1) is 13.4. The van der Waals surface area contributed by atoms with E-state index >= 15 is 0 Å². The second-order valence-electron chi connectivity index (χ2n) is 4.11. The van der Waals surface area contributed by atoms with Gasteiger partial charge in [-0.25, -0.2) is 4.79 Å². The summed E-state index contributed by atoms with van der Waals surface area (Å²) in [5.41, 5.74) is 0.828. The van der Waals surface area contributed by atoms with Crippen molar-refractivity contribution in [3.05, 3.63) is 24.3 Å². The van der Waals surface area contributed by atoms with Gasteiger partial charge < -0.3 is 15.4 Å². The van der Waals surface area contributed by atoms with Crippen molar-refractivity contribution in [3.63, 3.8) is 0 Å². The Labute approximate surface area is 102 Å². The number of hydrogen-bond donors (Lipinski definition) is 2. The van der Waals surface area contributed by atoms with E-state index < -0.39 is 6.09 Å². The van der Waals surface area contributed by atoms with Gasteiger partial charge >= 0.3 is 6.09 Å². The molecule has 1 aromatic carbocycles. The van der Waals surface area contributed by atoms with Crippen LogP contribution in [0.2, 0.25) is 0 Å². The maximum absolute atomic E-state index is 11.4. The van der Waals surface area contributed by atoms with Crippen LogP contribution in [0.25, 0.3) is 0 Å². The monoisotopic (exact) mass is 236 g/mol. The molecule has 1 aromatic rings. The number of amides is 1. The third kappa shape index (κ3) is 4.76. The van der Waals surface area contributed by atoms with E-state index in [2.05, 4.69) is 10.6 Å². The van der Waals surface area contributed by atoms with Crippen molar-refractivity contribution < 1.29 is 9.53 Å².